The minimum Gasteiger partial charge on any atom is -0.478 e. The fourth-order valence-electron chi connectivity index (χ4n) is 2.12. The lowest BCUT2D eigenvalue weighted by Gasteiger charge is -2.15. The highest BCUT2D eigenvalue weighted by molar-refractivity contribution is 5.98. The van der Waals surface area contributed by atoms with Crippen LogP contribution in [0.2, 0.25) is 0 Å². The van der Waals surface area contributed by atoms with Crippen molar-refractivity contribution in [3.63, 3.8) is 0 Å². The van der Waals surface area contributed by atoms with Crippen LogP contribution in [-0.2, 0) is 12.8 Å². The van der Waals surface area contributed by atoms with Crippen molar-refractivity contribution < 1.29 is 19.8 Å². The Morgan fingerprint density at radius 1 is 1.12 bits per heavy atom. The summed E-state index contributed by atoms with van der Waals surface area (Å²) in [6.07, 6.45) is 1.22. The normalized spacial score (nSPS) is 10.3. The van der Waals surface area contributed by atoms with Gasteiger partial charge in [0.1, 0.15) is 0 Å². The second kappa shape index (κ2) is 4.99. The zero-order valence-electron chi connectivity index (χ0n) is 10.2. The highest BCUT2D eigenvalue weighted by Gasteiger charge is 2.21. The third-order valence-corrected chi connectivity index (χ3v) is 2.97. The van der Waals surface area contributed by atoms with E-state index in [0.29, 0.717) is 18.4 Å². The number of carboxylic acids is 2. The fourth-order valence-corrected chi connectivity index (χ4v) is 2.12. The molecule has 2 N–H and O–H groups in total. The highest BCUT2D eigenvalue weighted by Crippen LogP contribution is 2.24. The first-order valence-electron chi connectivity index (χ1n) is 5.55. The van der Waals surface area contributed by atoms with Crippen molar-refractivity contribution in [2.45, 2.75) is 33.6 Å². The molecule has 0 bridgehead atoms. The van der Waals surface area contributed by atoms with Crippen molar-refractivity contribution in [1.29, 1.82) is 0 Å². The van der Waals surface area contributed by atoms with Crippen LogP contribution < -0.4 is 0 Å². The van der Waals surface area contributed by atoms with E-state index in [1.165, 1.54) is 0 Å². The summed E-state index contributed by atoms with van der Waals surface area (Å²) in [5.74, 6) is -2.14. The van der Waals surface area contributed by atoms with Gasteiger partial charge in [-0.05, 0) is 42.5 Å². The molecule has 0 radical (unpaired) electrons. The van der Waals surface area contributed by atoms with E-state index in [9.17, 15) is 14.7 Å². The predicted molar refractivity (Wildman–Crippen MR) is 63.9 cm³/mol. The Morgan fingerprint density at radius 2 is 1.71 bits per heavy atom. The number of rotatable bonds is 4. The van der Waals surface area contributed by atoms with Gasteiger partial charge in [0.25, 0.3) is 0 Å². The van der Waals surface area contributed by atoms with E-state index in [2.05, 4.69) is 0 Å². The third kappa shape index (κ3) is 2.30. The summed E-state index contributed by atoms with van der Waals surface area (Å²) in [5.41, 5.74) is 2.09. The van der Waals surface area contributed by atoms with Crippen molar-refractivity contribution in [3.05, 3.63) is 33.9 Å². The fraction of sp³-hybridized carbons (Fsp3) is 0.385. The second-order valence-corrected chi connectivity index (χ2v) is 3.88. The van der Waals surface area contributed by atoms with Gasteiger partial charge in [-0.1, -0.05) is 13.8 Å². The largest absolute Gasteiger partial charge is 0.478 e. The Balaban J connectivity index is 3.69. The van der Waals surface area contributed by atoms with E-state index >= 15 is 0 Å². The first kappa shape index (κ1) is 13.2. The van der Waals surface area contributed by atoms with Gasteiger partial charge in [0.05, 0.1) is 11.1 Å². The zero-order chi connectivity index (χ0) is 13.2. The summed E-state index contributed by atoms with van der Waals surface area (Å²) >= 11 is 0. The van der Waals surface area contributed by atoms with Crippen LogP contribution >= 0.6 is 0 Å². The quantitative estimate of drug-likeness (QED) is 0.842. The molecule has 0 heterocycles. The molecule has 92 valence electrons. The number of hydrogen-bond donors (Lipinski definition) is 2. The van der Waals surface area contributed by atoms with Gasteiger partial charge < -0.3 is 10.2 Å². The van der Waals surface area contributed by atoms with Gasteiger partial charge in [-0.15, -0.1) is 0 Å². The van der Waals surface area contributed by atoms with Crippen LogP contribution in [0.1, 0.15) is 51.3 Å². The highest BCUT2D eigenvalue weighted by atomic mass is 16.4. The molecule has 0 saturated carbocycles. The summed E-state index contributed by atoms with van der Waals surface area (Å²) in [5, 5.41) is 18.3. The monoisotopic (exact) mass is 236 g/mol. The van der Waals surface area contributed by atoms with Crippen LogP contribution in [0.3, 0.4) is 0 Å². The lowest BCUT2D eigenvalue weighted by Crippen LogP contribution is -2.13. The minimum atomic E-state index is -1.08. The standard InChI is InChI=1S/C13H16O4/c1-4-8-6-10(12(14)15)7(3)11(13(16)17)9(8)5-2/h6H,4-5H2,1-3H3,(H,14,15)(H,16,17). The van der Waals surface area contributed by atoms with Crippen molar-refractivity contribution in [2.75, 3.05) is 0 Å². The average molecular weight is 236 g/mol. The first-order chi connectivity index (χ1) is 7.93. The van der Waals surface area contributed by atoms with Crippen LogP contribution in [-0.4, -0.2) is 22.2 Å². The lowest BCUT2D eigenvalue weighted by molar-refractivity contribution is 0.0695. The third-order valence-electron chi connectivity index (χ3n) is 2.97. The van der Waals surface area contributed by atoms with E-state index in [0.717, 1.165) is 11.1 Å². The molecule has 0 aliphatic carbocycles. The van der Waals surface area contributed by atoms with E-state index < -0.39 is 11.9 Å². The number of aryl methyl sites for hydroxylation is 1. The molecule has 0 unspecified atom stereocenters. The van der Waals surface area contributed by atoms with Gasteiger partial charge in [0.2, 0.25) is 0 Å². The van der Waals surface area contributed by atoms with E-state index in [4.69, 9.17) is 5.11 Å². The summed E-state index contributed by atoms with van der Waals surface area (Å²) < 4.78 is 0. The molecule has 1 aromatic carbocycles. The molecular weight excluding hydrogens is 220 g/mol. The van der Waals surface area contributed by atoms with Gasteiger partial charge in [-0.2, -0.15) is 0 Å². The smallest absolute Gasteiger partial charge is 0.336 e. The molecule has 1 aromatic rings. The molecule has 0 amide bonds. The van der Waals surface area contributed by atoms with Gasteiger partial charge in [0, 0.05) is 0 Å². The molecule has 0 aliphatic rings. The lowest BCUT2D eigenvalue weighted by atomic mass is 9.90. The molecule has 17 heavy (non-hydrogen) atoms. The Kier molecular flexibility index (Phi) is 3.89. The average Bonchev–Trinajstić information content (AvgIpc) is 2.26. The first-order valence-corrected chi connectivity index (χ1v) is 5.55. The maximum atomic E-state index is 11.3. The SMILES string of the molecule is CCc1cc(C(=O)O)c(C)c(C(=O)O)c1CC. The van der Waals surface area contributed by atoms with Gasteiger partial charge >= 0.3 is 11.9 Å². The molecular formula is C13H16O4. The Labute approximate surface area is 99.9 Å². The van der Waals surface area contributed by atoms with Crippen molar-refractivity contribution in [1.82, 2.24) is 0 Å². The molecule has 4 nitrogen and oxygen atoms in total. The number of carboxylic acid groups (broad SMARTS) is 2. The molecule has 0 aromatic heterocycles. The summed E-state index contributed by atoms with van der Waals surface area (Å²) in [6.45, 7) is 5.31. The number of carbonyl (C=O) groups is 2. The summed E-state index contributed by atoms with van der Waals surface area (Å²) in [4.78, 5) is 22.3. The number of hydrogen-bond acceptors (Lipinski definition) is 2. The topological polar surface area (TPSA) is 74.6 Å². The minimum absolute atomic E-state index is 0.0800. The number of benzene rings is 1. The maximum absolute atomic E-state index is 11.3. The Bertz CT molecular complexity index is 475. The van der Waals surface area contributed by atoms with Gasteiger partial charge in [-0.3, -0.25) is 0 Å². The Hall–Kier alpha value is -1.84. The van der Waals surface area contributed by atoms with Crippen LogP contribution in [0.15, 0.2) is 6.07 Å². The molecule has 1 rings (SSSR count). The molecule has 0 fully saturated rings. The second-order valence-electron chi connectivity index (χ2n) is 3.88. The predicted octanol–water partition coefficient (Wildman–Crippen LogP) is 2.52. The Morgan fingerprint density at radius 3 is 2.06 bits per heavy atom. The van der Waals surface area contributed by atoms with Crippen LogP contribution in [0.25, 0.3) is 0 Å². The van der Waals surface area contributed by atoms with E-state index in [-0.39, 0.29) is 11.1 Å². The maximum Gasteiger partial charge on any atom is 0.336 e. The molecule has 0 aliphatic heterocycles. The van der Waals surface area contributed by atoms with Crippen molar-refractivity contribution in [2.24, 2.45) is 0 Å². The zero-order valence-corrected chi connectivity index (χ0v) is 10.2. The van der Waals surface area contributed by atoms with Crippen molar-refractivity contribution in [3.8, 4) is 0 Å². The molecule has 0 saturated heterocycles. The number of aromatic carboxylic acids is 2. The van der Waals surface area contributed by atoms with E-state index in [1.807, 2.05) is 13.8 Å². The summed E-state index contributed by atoms with van der Waals surface area (Å²) in [7, 11) is 0. The van der Waals surface area contributed by atoms with Crippen LogP contribution in [0.4, 0.5) is 0 Å². The molecule has 4 heteroatoms. The summed E-state index contributed by atoms with van der Waals surface area (Å²) in [6, 6.07) is 1.59. The van der Waals surface area contributed by atoms with Crippen LogP contribution in [0.5, 0.6) is 0 Å². The molecule has 0 spiro atoms. The molecule has 0 atom stereocenters. The van der Waals surface area contributed by atoms with E-state index in [1.54, 1.807) is 13.0 Å². The van der Waals surface area contributed by atoms with Gasteiger partial charge in [0.15, 0.2) is 0 Å². The van der Waals surface area contributed by atoms with Gasteiger partial charge in [-0.25, -0.2) is 9.59 Å². The van der Waals surface area contributed by atoms with Crippen LogP contribution in [0, 0.1) is 6.92 Å². The van der Waals surface area contributed by atoms with Crippen molar-refractivity contribution >= 4 is 11.9 Å².